The molecule has 0 spiro atoms. The molecule has 1 aromatic heterocycles. The van der Waals surface area contributed by atoms with Crippen LogP contribution in [0.15, 0.2) is 30.5 Å². The lowest BCUT2D eigenvalue weighted by molar-refractivity contribution is -0.144. The van der Waals surface area contributed by atoms with Gasteiger partial charge >= 0.3 is 5.97 Å². The predicted molar refractivity (Wildman–Crippen MR) is 91.0 cm³/mol. The van der Waals surface area contributed by atoms with Crippen molar-refractivity contribution in [2.45, 2.75) is 12.8 Å². The number of carboxylic acids is 1. The summed E-state index contributed by atoms with van der Waals surface area (Å²) in [7, 11) is 0. The van der Waals surface area contributed by atoms with Crippen LogP contribution in [-0.4, -0.2) is 46.9 Å². The fraction of sp³-hybridized carbons (Fsp3) is 0.389. The summed E-state index contributed by atoms with van der Waals surface area (Å²) < 4.78 is 18.3. The SMILES string of the molecule is O=C(NCC(C(=O)O)C1CCOCC1)c1cn[nH]c1-c1ccc(F)cc1. The molecule has 8 heteroatoms. The normalized spacial score (nSPS) is 16.2. The van der Waals surface area contributed by atoms with Crippen LogP contribution in [0.4, 0.5) is 4.39 Å². The highest BCUT2D eigenvalue weighted by molar-refractivity contribution is 5.99. The van der Waals surface area contributed by atoms with Gasteiger partial charge in [-0.2, -0.15) is 5.10 Å². The van der Waals surface area contributed by atoms with Gasteiger partial charge in [0, 0.05) is 25.3 Å². The van der Waals surface area contributed by atoms with Crippen LogP contribution in [0.1, 0.15) is 23.2 Å². The summed E-state index contributed by atoms with van der Waals surface area (Å²) in [6, 6.07) is 5.68. The number of amides is 1. The number of hydrogen-bond acceptors (Lipinski definition) is 4. The van der Waals surface area contributed by atoms with Crippen LogP contribution in [0.2, 0.25) is 0 Å². The molecule has 1 unspecified atom stereocenters. The zero-order chi connectivity index (χ0) is 18.5. The largest absolute Gasteiger partial charge is 0.481 e. The lowest BCUT2D eigenvalue weighted by Gasteiger charge is -2.27. The highest BCUT2D eigenvalue weighted by Gasteiger charge is 2.30. The van der Waals surface area contributed by atoms with Crippen molar-refractivity contribution in [2.24, 2.45) is 11.8 Å². The number of carboxylic acid groups (broad SMARTS) is 1. The van der Waals surface area contributed by atoms with Gasteiger partial charge in [0.05, 0.1) is 23.4 Å². The smallest absolute Gasteiger partial charge is 0.308 e. The number of carbonyl (C=O) groups excluding carboxylic acids is 1. The Morgan fingerprint density at radius 3 is 2.65 bits per heavy atom. The number of carbonyl (C=O) groups is 2. The van der Waals surface area contributed by atoms with Gasteiger partial charge in [-0.1, -0.05) is 0 Å². The maximum atomic E-state index is 13.1. The molecule has 0 bridgehead atoms. The van der Waals surface area contributed by atoms with E-state index in [0.29, 0.717) is 37.3 Å². The van der Waals surface area contributed by atoms with E-state index in [4.69, 9.17) is 4.74 Å². The van der Waals surface area contributed by atoms with Crippen molar-refractivity contribution in [1.82, 2.24) is 15.5 Å². The Morgan fingerprint density at radius 2 is 2.00 bits per heavy atom. The van der Waals surface area contributed by atoms with E-state index in [9.17, 15) is 19.1 Å². The van der Waals surface area contributed by atoms with E-state index in [1.165, 1.54) is 18.3 Å². The van der Waals surface area contributed by atoms with Crippen molar-refractivity contribution < 1.29 is 23.8 Å². The van der Waals surface area contributed by atoms with E-state index in [0.717, 1.165) is 0 Å². The Balaban J connectivity index is 1.69. The molecular weight excluding hydrogens is 341 g/mol. The van der Waals surface area contributed by atoms with E-state index in [1.54, 1.807) is 12.1 Å². The summed E-state index contributed by atoms with van der Waals surface area (Å²) in [4.78, 5) is 24.1. The predicted octanol–water partition coefficient (Wildman–Crippen LogP) is 2.07. The van der Waals surface area contributed by atoms with Gasteiger partial charge in [-0.3, -0.25) is 14.7 Å². The summed E-state index contributed by atoms with van der Waals surface area (Å²) in [5, 5.41) is 18.8. The van der Waals surface area contributed by atoms with Crippen molar-refractivity contribution in [2.75, 3.05) is 19.8 Å². The zero-order valence-corrected chi connectivity index (χ0v) is 14.1. The molecule has 1 amide bonds. The molecule has 1 aromatic carbocycles. The van der Waals surface area contributed by atoms with Crippen LogP contribution in [0, 0.1) is 17.7 Å². The van der Waals surface area contributed by atoms with E-state index in [1.807, 2.05) is 0 Å². The van der Waals surface area contributed by atoms with Crippen molar-refractivity contribution in [3.8, 4) is 11.3 Å². The maximum Gasteiger partial charge on any atom is 0.308 e. The first-order chi connectivity index (χ1) is 12.6. The molecule has 26 heavy (non-hydrogen) atoms. The van der Waals surface area contributed by atoms with Gasteiger partial charge in [-0.25, -0.2) is 4.39 Å². The molecule has 0 saturated carbocycles. The number of aromatic nitrogens is 2. The van der Waals surface area contributed by atoms with Crippen molar-refractivity contribution in [1.29, 1.82) is 0 Å². The van der Waals surface area contributed by atoms with Gasteiger partial charge < -0.3 is 15.2 Å². The average Bonchev–Trinajstić information content (AvgIpc) is 3.13. The van der Waals surface area contributed by atoms with Gasteiger partial charge in [-0.15, -0.1) is 0 Å². The number of benzene rings is 1. The molecule has 0 radical (unpaired) electrons. The van der Waals surface area contributed by atoms with Gasteiger partial charge in [0.25, 0.3) is 5.91 Å². The summed E-state index contributed by atoms with van der Waals surface area (Å²) in [5.41, 5.74) is 1.36. The molecule has 1 aliphatic rings. The monoisotopic (exact) mass is 361 g/mol. The molecule has 138 valence electrons. The second kappa shape index (κ2) is 8.09. The fourth-order valence-corrected chi connectivity index (χ4v) is 3.17. The number of aliphatic carboxylic acids is 1. The standard InChI is InChI=1S/C18H20FN3O4/c19-13-3-1-12(2-4-13)16-15(10-21-22-16)17(23)20-9-14(18(24)25)11-5-7-26-8-6-11/h1-4,10-11,14H,5-9H2,(H,20,23)(H,21,22)(H,24,25). The molecule has 1 atom stereocenters. The second-order valence-electron chi connectivity index (χ2n) is 6.27. The zero-order valence-electron chi connectivity index (χ0n) is 14.1. The number of ether oxygens (including phenoxy) is 1. The van der Waals surface area contributed by atoms with Crippen LogP contribution in [0.3, 0.4) is 0 Å². The molecule has 1 saturated heterocycles. The molecule has 1 fully saturated rings. The fourth-order valence-electron chi connectivity index (χ4n) is 3.17. The second-order valence-corrected chi connectivity index (χ2v) is 6.27. The van der Waals surface area contributed by atoms with Crippen molar-refractivity contribution in [3.05, 3.63) is 41.8 Å². The third kappa shape index (κ3) is 4.08. The van der Waals surface area contributed by atoms with Crippen LogP contribution < -0.4 is 5.32 Å². The topological polar surface area (TPSA) is 104 Å². The number of H-pyrrole nitrogens is 1. The first kappa shape index (κ1) is 18.1. The first-order valence-corrected chi connectivity index (χ1v) is 8.44. The average molecular weight is 361 g/mol. The number of aromatic amines is 1. The summed E-state index contributed by atoms with van der Waals surface area (Å²) in [5.74, 6) is -2.41. The van der Waals surface area contributed by atoms with Crippen molar-refractivity contribution >= 4 is 11.9 Å². The minimum atomic E-state index is -0.928. The Morgan fingerprint density at radius 1 is 1.31 bits per heavy atom. The third-order valence-electron chi connectivity index (χ3n) is 4.65. The van der Waals surface area contributed by atoms with Crippen LogP contribution in [-0.2, 0) is 9.53 Å². The summed E-state index contributed by atoms with van der Waals surface area (Å²) in [6.45, 7) is 1.12. The van der Waals surface area contributed by atoms with Gasteiger partial charge in [0.15, 0.2) is 0 Å². The van der Waals surface area contributed by atoms with E-state index in [-0.39, 0.29) is 23.8 Å². The molecule has 7 nitrogen and oxygen atoms in total. The Labute approximate surface area is 149 Å². The number of nitrogens with zero attached hydrogens (tertiary/aromatic N) is 1. The first-order valence-electron chi connectivity index (χ1n) is 8.44. The summed E-state index contributed by atoms with van der Waals surface area (Å²) in [6.07, 6.45) is 2.71. The Kier molecular flexibility index (Phi) is 5.62. The summed E-state index contributed by atoms with van der Waals surface area (Å²) >= 11 is 0. The Hall–Kier alpha value is -2.74. The molecule has 2 aromatic rings. The quantitative estimate of drug-likeness (QED) is 0.731. The Bertz CT molecular complexity index is 769. The van der Waals surface area contributed by atoms with Crippen LogP contribution in [0.5, 0.6) is 0 Å². The maximum absolute atomic E-state index is 13.1. The lowest BCUT2D eigenvalue weighted by atomic mass is 9.86. The third-order valence-corrected chi connectivity index (χ3v) is 4.65. The highest BCUT2D eigenvalue weighted by Crippen LogP contribution is 2.25. The van der Waals surface area contributed by atoms with Crippen molar-refractivity contribution in [3.63, 3.8) is 0 Å². The number of hydrogen-bond donors (Lipinski definition) is 3. The molecule has 0 aliphatic carbocycles. The van der Waals surface area contributed by atoms with E-state index in [2.05, 4.69) is 15.5 Å². The molecule has 3 N–H and O–H groups in total. The minimum Gasteiger partial charge on any atom is -0.481 e. The van der Waals surface area contributed by atoms with Crippen LogP contribution in [0.25, 0.3) is 11.3 Å². The minimum absolute atomic E-state index is 0.0255. The number of nitrogens with one attached hydrogen (secondary N) is 2. The number of halogens is 1. The molecule has 1 aliphatic heterocycles. The van der Waals surface area contributed by atoms with Gasteiger partial charge in [-0.05, 0) is 43.0 Å². The highest BCUT2D eigenvalue weighted by atomic mass is 19.1. The lowest BCUT2D eigenvalue weighted by Crippen LogP contribution is -2.39. The van der Waals surface area contributed by atoms with Crippen LogP contribution >= 0.6 is 0 Å². The van der Waals surface area contributed by atoms with Gasteiger partial charge in [0.2, 0.25) is 0 Å². The molecular formula is C18H20FN3O4. The van der Waals surface area contributed by atoms with E-state index >= 15 is 0 Å². The molecule has 2 heterocycles. The molecule has 3 rings (SSSR count). The van der Waals surface area contributed by atoms with Gasteiger partial charge in [0.1, 0.15) is 5.82 Å². The van der Waals surface area contributed by atoms with E-state index < -0.39 is 17.8 Å². The number of rotatable bonds is 6.